The third kappa shape index (κ3) is 4.57. The molecule has 2 heterocycles. The number of halogens is 1. The molecule has 5 aromatic rings. The van der Waals surface area contributed by atoms with Crippen LogP contribution in [0.2, 0.25) is 0 Å². The van der Waals surface area contributed by atoms with Crippen LogP contribution in [0.25, 0.3) is 27.3 Å². The van der Waals surface area contributed by atoms with Crippen molar-refractivity contribution >= 4 is 39.2 Å². The van der Waals surface area contributed by atoms with Gasteiger partial charge < -0.3 is 4.90 Å². The van der Waals surface area contributed by atoms with Gasteiger partial charge in [0.25, 0.3) is 0 Å². The Labute approximate surface area is 204 Å². The van der Waals surface area contributed by atoms with Crippen LogP contribution in [-0.2, 0) is 11.3 Å². The first-order valence-corrected chi connectivity index (χ1v) is 12.4. The third-order valence-corrected chi connectivity index (χ3v) is 7.16. The third-order valence-electron chi connectivity index (χ3n) is 5.22. The molecule has 0 radical (unpaired) electrons. The molecule has 9 heteroatoms. The standard InChI is InChI=1S/C25H20FN5OS2/c1-30(15-22-27-20-13-7-8-14-21(20)34-22)23(32)16-33-25-29-28-24(18-11-5-6-12-19(18)26)31(25)17-9-3-2-4-10-17/h2-14H,15-16H2,1H3. The van der Waals surface area contributed by atoms with Crippen LogP contribution in [0, 0.1) is 5.82 Å². The topological polar surface area (TPSA) is 63.9 Å². The van der Waals surface area contributed by atoms with Crippen LogP contribution in [0.4, 0.5) is 4.39 Å². The van der Waals surface area contributed by atoms with Crippen molar-refractivity contribution in [2.75, 3.05) is 12.8 Å². The zero-order chi connectivity index (χ0) is 23.5. The molecule has 0 saturated heterocycles. The van der Waals surface area contributed by atoms with E-state index in [1.54, 1.807) is 46.1 Å². The summed E-state index contributed by atoms with van der Waals surface area (Å²) in [5.74, 6) is 0.126. The summed E-state index contributed by atoms with van der Waals surface area (Å²) in [4.78, 5) is 19.1. The van der Waals surface area contributed by atoms with Crippen molar-refractivity contribution in [1.29, 1.82) is 0 Å². The summed E-state index contributed by atoms with van der Waals surface area (Å²) < 4.78 is 17.4. The highest BCUT2D eigenvalue weighted by Crippen LogP contribution is 2.29. The Morgan fingerprint density at radius 2 is 1.74 bits per heavy atom. The molecule has 0 saturated carbocycles. The number of aromatic nitrogens is 4. The van der Waals surface area contributed by atoms with E-state index in [2.05, 4.69) is 15.2 Å². The van der Waals surface area contributed by atoms with Crippen molar-refractivity contribution in [3.8, 4) is 17.1 Å². The average molecular weight is 490 g/mol. The lowest BCUT2D eigenvalue weighted by Crippen LogP contribution is -2.27. The SMILES string of the molecule is CN(Cc1nc2ccccc2s1)C(=O)CSc1nnc(-c2ccccc2F)n1-c1ccccc1. The molecule has 0 aliphatic rings. The summed E-state index contributed by atoms with van der Waals surface area (Å²) in [6.07, 6.45) is 0. The second-order valence-corrected chi connectivity index (χ2v) is 9.63. The molecule has 0 N–H and O–H groups in total. The van der Waals surface area contributed by atoms with E-state index >= 15 is 0 Å². The fourth-order valence-corrected chi connectivity index (χ4v) is 5.42. The van der Waals surface area contributed by atoms with E-state index in [9.17, 15) is 9.18 Å². The Morgan fingerprint density at radius 3 is 2.53 bits per heavy atom. The molecule has 0 spiro atoms. The smallest absolute Gasteiger partial charge is 0.233 e. The van der Waals surface area contributed by atoms with Gasteiger partial charge >= 0.3 is 0 Å². The number of benzene rings is 3. The lowest BCUT2D eigenvalue weighted by molar-refractivity contribution is -0.127. The van der Waals surface area contributed by atoms with Gasteiger partial charge in [0, 0.05) is 12.7 Å². The molecule has 6 nitrogen and oxygen atoms in total. The zero-order valence-electron chi connectivity index (χ0n) is 18.3. The Kier molecular flexibility index (Phi) is 6.37. The molecule has 5 rings (SSSR count). The number of carbonyl (C=O) groups excluding carboxylic acids is 1. The quantitative estimate of drug-likeness (QED) is 0.285. The predicted octanol–water partition coefficient (Wildman–Crippen LogP) is 5.43. The fraction of sp³-hybridized carbons (Fsp3) is 0.120. The van der Waals surface area contributed by atoms with Gasteiger partial charge in [-0.1, -0.05) is 54.2 Å². The molecular formula is C25H20FN5OS2. The number of para-hydroxylation sites is 2. The maximum absolute atomic E-state index is 14.5. The van der Waals surface area contributed by atoms with Crippen molar-refractivity contribution in [2.45, 2.75) is 11.7 Å². The van der Waals surface area contributed by atoms with Crippen LogP contribution >= 0.6 is 23.1 Å². The highest BCUT2D eigenvalue weighted by molar-refractivity contribution is 7.99. The minimum absolute atomic E-state index is 0.0562. The van der Waals surface area contributed by atoms with Gasteiger partial charge in [0.15, 0.2) is 11.0 Å². The van der Waals surface area contributed by atoms with Gasteiger partial charge in [-0.15, -0.1) is 21.5 Å². The summed E-state index contributed by atoms with van der Waals surface area (Å²) in [6, 6.07) is 23.9. The molecule has 3 aromatic carbocycles. The summed E-state index contributed by atoms with van der Waals surface area (Å²) >= 11 is 2.86. The minimum Gasteiger partial charge on any atom is -0.338 e. The average Bonchev–Trinajstić information content (AvgIpc) is 3.47. The zero-order valence-corrected chi connectivity index (χ0v) is 19.9. The van der Waals surface area contributed by atoms with E-state index in [4.69, 9.17) is 0 Å². The molecule has 34 heavy (non-hydrogen) atoms. The number of thioether (sulfide) groups is 1. The number of fused-ring (bicyclic) bond motifs is 1. The first-order chi connectivity index (χ1) is 16.6. The predicted molar refractivity (Wildman–Crippen MR) is 134 cm³/mol. The molecule has 0 fully saturated rings. The normalized spacial score (nSPS) is 11.1. The number of thiazole rings is 1. The Balaban J connectivity index is 1.35. The van der Waals surface area contributed by atoms with Crippen molar-refractivity contribution in [2.24, 2.45) is 0 Å². The molecule has 1 amide bonds. The summed E-state index contributed by atoms with van der Waals surface area (Å²) in [6.45, 7) is 0.435. The Hall–Kier alpha value is -3.56. The van der Waals surface area contributed by atoms with Gasteiger partial charge in [0.2, 0.25) is 5.91 Å². The van der Waals surface area contributed by atoms with Crippen LogP contribution in [-0.4, -0.2) is 43.4 Å². The summed E-state index contributed by atoms with van der Waals surface area (Å²) in [7, 11) is 1.77. The second kappa shape index (κ2) is 9.74. The van der Waals surface area contributed by atoms with Gasteiger partial charge in [0.05, 0.1) is 28.1 Å². The fourth-order valence-electron chi connectivity index (χ4n) is 3.51. The molecule has 0 atom stereocenters. The highest BCUT2D eigenvalue weighted by Gasteiger charge is 2.20. The van der Waals surface area contributed by atoms with E-state index < -0.39 is 0 Å². The summed E-state index contributed by atoms with van der Waals surface area (Å²) in [5.41, 5.74) is 2.09. The largest absolute Gasteiger partial charge is 0.338 e. The number of hydrogen-bond donors (Lipinski definition) is 0. The summed E-state index contributed by atoms with van der Waals surface area (Å²) in [5, 5.41) is 9.94. The number of hydrogen-bond acceptors (Lipinski definition) is 6. The second-order valence-electron chi connectivity index (χ2n) is 7.57. The number of rotatable bonds is 7. The molecule has 0 unspecified atom stereocenters. The van der Waals surface area contributed by atoms with Crippen LogP contribution in [0.3, 0.4) is 0 Å². The van der Waals surface area contributed by atoms with E-state index in [0.29, 0.717) is 23.1 Å². The van der Waals surface area contributed by atoms with Gasteiger partial charge in [-0.05, 0) is 36.4 Å². The van der Waals surface area contributed by atoms with Crippen LogP contribution in [0.1, 0.15) is 5.01 Å². The van der Waals surface area contributed by atoms with Gasteiger partial charge in [0.1, 0.15) is 10.8 Å². The monoisotopic (exact) mass is 489 g/mol. The Morgan fingerprint density at radius 1 is 1.00 bits per heavy atom. The van der Waals surface area contributed by atoms with Gasteiger partial charge in [-0.25, -0.2) is 9.37 Å². The van der Waals surface area contributed by atoms with Crippen molar-refractivity contribution in [1.82, 2.24) is 24.6 Å². The molecule has 0 bridgehead atoms. The van der Waals surface area contributed by atoms with Crippen LogP contribution in [0.15, 0.2) is 84.0 Å². The molecular weight excluding hydrogens is 469 g/mol. The van der Waals surface area contributed by atoms with Crippen molar-refractivity contribution in [3.05, 3.63) is 89.7 Å². The molecule has 0 aliphatic carbocycles. The lowest BCUT2D eigenvalue weighted by Gasteiger charge is -2.15. The molecule has 0 aliphatic heterocycles. The van der Waals surface area contributed by atoms with E-state index in [0.717, 1.165) is 20.9 Å². The lowest BCUT2D eigenvalue weighted by atomic mass is 10.2. The minimum atomic E-state index is -0.379. The van der Waals surface area contributed by atoms with E-state index in [1.165, 1.54) is 17.8 Å². The first-order valence-electron chi connectivity index (χ1n) is 10.6. The van der Waals surface area contributed by atoms with E-state index in [-0.39, 0.29) is 17.5 Å². The highest BCUT2D eigenvalue weighted by atomic mass is 32.2. The van der Waals surface area contributed by atoms with Gasteiger partial charge in [-0.3, -0.25) is 9.36 Å². The number of amides is 1. The Bertz CT molecular complexity index is 1420. The van der Waals surface area contributed by atoms with Crippen molar-refractivity contribution < 1.29 is 9.18 Å². The molecule has 2 aromatic heterocycles. The number of nitrogens with zero attached hydrogens (tertiary/aromatic N) is 5. The molecule has 170 valence electrons. The van der Waals surface area contributed by atoms with Crippen molar-refractivity contribution in [3.63, 3.8) is 0 Å². The first kappa shape index (κ1) is 22.2. The van der Waals surface area contributed by atoms with Crippen LogP contribution in [0.5, 0.6) is 0 Å². The van der Waals surface area contributed by atoms with Crippen LogP contribution < -0.4 is 0 Å². The maximum atomic E-state index is 14.5. The van der Waals surface area contributed by atoms with E-state index in [1.807, 2.05) is 54.6 Å². The van der Waals surface area contributed by atoms with Gasteiger partial charge in [-0.2, -0.15) is 0 Å². The maximum Gasteiger partial charge on any atom is 0.233 e. The number of carbonyl (C=O) groups is 1.